The number of primary amides is 1. The van der Waals surface area contributed by atoms with Gasteiger partial charge < -0.3 is 35.8 Å². The smallest absolute Gasteiger partial charge is 0.248 e. The fourth-order valence-corrected chi connectivity index (χ4v) is 3.50. The molecule has 35 heavy (non-hydrogen) atoms. The number of rotatable bonds is 14. The summed E-state index contributed by atoms with van der Waals surface area (Å²) in [6.45, 7) is 1.97. The number of hydrogen-bond acceptors (Lipinski definition) is 7. The molecule has 1 atom stereocenters. The molecule has 8 heteroatoms. The number of nitrogens with one attached hydrogen (secondary N) is 1. The molecule has 0 bridgehead atoms. The summed E-state index contributed by atoms with van der Waals surface area (Å²) in [5, 5.41) is 32.4. The largest absolute Gasteiger partial charge is 0.508 e. The summed E-state index contributed by atoms with van der Waals surface area (Å²) in [6.07, 6.45) is 0.0591. The Morgan fingerprint density at radius 3 is 2.54 bits per heavy atom. The first-order valence-electron chi connectivity index (χ1n) is 11.5. The maximum absolute atomic E-state index is 11.2. The Morgan fingerprint density at radius 2 is 1.80 bits per heavy atom. The molecule has 0 aliphatic heterocycles. The molecular formula is C27H32N2O6. The molecule has 0 aliphatic rings. The van der Waals surface area contributed by atoms with E-state index in [1.54, 1.807) is 30.3 Å². The zero-order chi connectivity index (χ0) is 25.0. The van der Waals surface area contributed by atoms with Gasteiger partial charge in [0.15, 0.2) is 0 Å². The zero-order valence-electron chi connectivity index (χ0n) is 19.5. The number of aliphatic hydroxyl groups is 2. The van der Waals surface area contributed by atoms with Crippen molar-refractivity contribution in [2.75, 3.05) is 26.3 Å². The van der Waals surface area contributed by atoms with Crippen LogP contribution in [-0.4, -0.2) is 47.5 Å². The molecule has 0 saturated carbocycles. The lowest BCUT2D eigenvalue weighted by Crippen LogP contribution is -2.23. The molecule has 0 fully saturated rings. The first-order chi connectivity index (χ1) is 17.0. The van der Waals surface area contributed by atoms with Crippen LogP contribution in [0, 0.1) is 0 Å². The fourth-order valence-electron chi connectivity index (χ4n) is 3.50. The Morgan fingerprint density at radius 1 is 1.00 bits per heavy atom. The van der Waals surface area contributed by atoms with E-state index in [0.29, 0.717) is 49.6 Å². The minimum Gasteiger partial charge on any atom is -0.508 e. The highest BCUT2D eigenvalue weighted by Crippen LogP contribution is 2.22. The second-order valence-corrected chi connectivity index (χ2v) is 8.13. The maximum atomic E-state index is 11.2. The van der Waals surface area contributed by atoms with E-state index in [4.69, 9.17) is 15.2 Å². The van der Waals surface area contributed by atoms with Crippen molar-refractivity contribution < 1.29 is 29.6 Å². The highest BCUT2D eigenvalue weighted by Gasteiger charge is 2.10. The monoisotopic (exact) mass is 480 g/mol. The number of ether oxygens (including phenoxy) is 2. The Balaban J connectivity index is 1.31. The molecular weight excluding hydrogens is 448 g/mol. The van der Waals surface area contributed by atoms with Crippen LogP contribution in [0.4, 0.5) is 0 Å². The van der Waals surface area contributed by atoms with E-state index in [0.717, 1.165) is 23.3 Å². The van der Waals surface area contributed by atoms with Crippen LogP contribution < -0.4 is 15.8 Å². The van der Waals surface area contributed by atoms with E-state index in [2.05, 4.69) is 5.32 Å². The summed E-state index contributed by atoms with van der Waals surface area (Å²) in [4.78, 5) is 11.2. The van der Waals surface area contributed by atoms with Gasteiger partial charge in [-0.1, -0.05) is 30.3 Å². The second kappa shape index (κ2) is 13.5. The third kappa shape index (κ3) is 8.38. The van der Waals surface area contributed by atoms with Crippen molar-refractivity contribution in [2.45, 2.75) is 25.7 Å². The summed E-state index contributed by atoms with van der Waals surface area (Å²) >= 11 is 0. The third-order valence-corrected chi connectivity index (χ3v) is 5.49. The van der Waals surface area contributed by atoms with Crippen molar-refractivity contribution in [1.82, 2.24) is 5.32 Å². The van der Waals surface area contributed by atoms with Gasteiger partial charge in [0.2, 0.25) is 5.91 Å². The van der Waals surface area contributed by atoms with Gasteiger partial charge in [0.1, 0.15) is 18.1 Å². The number of nitrogens with two attached hydrogens (primary N) is 1. The molecule has 0 aliphatic carbocycles. The predicted octanol–water partition coefficient (Wildman–Crippen LogP) is 2.44. The van der Waals surface area contributed by atoms with Crippen LogP contribution in [0.1, 0.15) is 38.7 Å². The molecule has 0 heterocycles. The van der Waals surface area contributed by atoms with Crippen LogP contribution in [0.2, 0.25) is 0 Å². The van der Waals surface area contributed by atoms with Crippen LogP contribution in [-0.2, 0) is 24.4 Å². The van der Waals surface area contributed by atoms with E-state index in [1.807, 2.05) is 30.3 Å². The van der Waals surface area contributed by atoms with Gasteiger partial charge in [0.05, 0.1) is 25.9 Å². The van der Waals surface area contributed by atoms with Gasteiger partial charge in [0, 0.05) is 17.7 Å². The van der Waals surface area contributed by atoms with Crippen molar-refractivity contribution in [1.29, 1.82) is 0 Å². The third-order valence-electron chi connectivity index (χ3n) is 5.49. The van der Waals surface area contributed by atoms with Gasteiger partial charge in [-0.15, -0.1) is 0 Å². The Labute approximate surface area is 204 Å². The Bertz CT molecular complexity index is 1090. The fraction of sp³-hybridized carbons (Fsp3) is 0.296. The van der Waals surface area contributed by atoms with Crippen molar-refractivity contribution in [2.24, 2.45) is 5.73 Å². The normalized spacial score (nSPS) is 11.8. The summed E-state index contributed by atoms with van der Waals surface area (Å²) in [7, 11) is 0. The molecule has 6 N–H and O–H groups in total. The molecule has 8 nitrogen and oxygen atoms in total. The minimum absolute atomic E-state index is 0.0173. The number of amides is 1. The summed E-state index contributed by atoms with van der Waals surface area (Å²) in [5.74, 6) is 0.311. The zero-order valence-corrected chi connectivity index (χ0v) is 19.5. The number of aliphatic hydroxyl groups excluding tert-OH is 2. The maximum Gasteiger partial charge on any atom is 0.248 e. The van der Waals surface area contributed by atoms with Gasteiger partial charge in [0.25, 0.3) is 0 Å². The van der Waals surface area contributed by atoms with Crippen LogP contribution in [0.3, 0.4) is 0 Å². The molecule has 1 amide bonds. The molecule has 3 rings (SSSR count). The van der Waals surface area contributed by atoms with E-state index >= 15 is 0 Å². The quantitative estimate of drug-likeness (QED) is 0.224. The number of carbonyl (C=O) groups excluding carboxylic acids is 1. The predicted molar refractivity (Wildman–Crippen MR) is 132 cm³/mol. The lowest BCUT2D eigenvalue weighted by atomic mass is 10.1. The van der Waals surface area contributed by atoms with E-state index < -0.39 is 12.0 Å². The molecule has 0 unspecified atom stereocenters. The van der Waals surface area contributed by atoms with Crippen LogP contribution in [0.25, 0.3) is 0 Å². The van der Waals surface area contributed by atoms with Crippen molar-refractivity contribution in [3.05, 3.63) is 94.5 Å². The van der Waals surface area contributed by atoms with Gasteiger partial charge in [-0.05, 0) is 66.1 Å². The number of benzene rings is 3. The molecule has 3 aromatic carbocycles. The SMILES string of the molecule is NC(=O)c1cccc(COCCOc2ccc(CCNC[C@H](O)c3ccc(O)c(CO)c3)cc2)c1. The number of hydrogen-bond donors (Lipinski definition) is 5. The van der Waals surface area contributed by atoms with Crippen molar-refractivity contribution in [3.63, 3.8) is 0 Å². The van der Waals surface area contributed by atoms with Gasteiger partial charge >= 0.3 is 0 Å². The topological polar surface area (TPSA) is 134 Å². The molecule has 0 spiro atoms. The first kappa shape index (κ1) is 26.2. The van der Waals surface area contributed by atoms with Crippen LogP contribution in [0.5, 0.6) is 11.5 Å². The average molecular weight is 481 g/mol. The van der Waals surface area contributed by atoms with Gasteiger partial charge in [-0.25, -0.2) is 0 Å². The summed E-state index contributed by atoms with van der Waals surface area (Å²) in [5.41, 5.74) is 8.80. The highest BCUT2D eigenvalue weighted by atomic mass is 16.5. The van der Waals surface area contributed by atoms with Crippen LogP contribution >= 0.6 is 0 Å². The number of carbonyl (C=O) groups is 1. The number of aromatic hydroxyl groups is 1. The second-order valence-electron chi connectivity index (χ2n) is 8.13. The summed E-state index contributed by atoms with van der Waals surface area (Å²) < 4.78 is 11.3. The molecule has 3 aromatic rings. The van der Waals surface area contributed by atoms with E-state index in [-0.39, 0.29) is 12.4 Å². The Hall–Kier alpha value is -3.43. The summed E-state index contributed by atoms with van der Waals surface area (Å²) in [6, 6.07) is 19.6. The minimum atomic E-state index is -0.731. The lowest BCUT2D eigenvalue weighted by molar-refractivity contribution is 0.0887. The van der Waals surface area contributed by atoms with Gasteiger partial charge in [-0.3, -0.25) is 4.79 Å². The van der Waals surface area contributed by atoms with Crippen molar-refractivity contribution >= 4 is 5.91 Å². The average Bonchev–Trinajstić information content (AvgIpc) is 2.87. The molecule has 0 radical (unpaired) electrons. The van der Waals surface area contributed by atoms with Gasteiger partial charge in [-0.2, -0.15) is 0 Å². The standard InChI is InChI=1S/C27H32N2O6/c28-27(33)22-3-1-2-20(14-22)18-34-12-13-35-24-7-4-19(5-8-24)10-11-29-16-26(32)21-6-9-25(31)23(15-21)17-30/h1-9,14-15,26,29-32H,10-13,16-18H2,(H2,28,33)/t26-/m0/s1. The highest BCUT2D eigenvalue weighted by molar-refractivity contribution is 5.92. The molecule has 186 valence electrons. The van der Waals surface area contributed by atoms with E-state index in [1.165, 1.54) is 6.07 Å². The molecule has 0 aromatic heterocycles. The van der Waals surface area contributed by atoms with Crippen molar-refractivity contribution in [3.8, 4) is 11.5 Å². The lowest BCUT2D eigenvalue weighted by Gasteiger charge is -2.14. The molecule has 0 saturated heterocycles. The first-order valence-corrected chi connectivity index (χ1v) is 11.5. The Kier molecular flexibility index (Phi) is 10.1. The van der Waals surface area contributed by atoms with E-state index in [9.17, 15) is 20.1 Å². The van der Waals surface area contributed by atoms with Crippen LogP contribution in [0.15, 0.2) is 66.7 Å². The number of phenols is 1.